The molecule has 0 aliphatic carbocycles. The topological polar surface area (TPSA) is 78.4 Å². The minimum atomic E-state index is -0.729. The van der Waals surface area contributed by atoms with Gasteiger partial charge < -0.3 is 15.7 Å². The van der Waals surface area contributed by atoms with Gasteiger partial charge in [-0.05, 0) is 12.8 Å². The molecule has 6 heteroatoms. The molecule has 3 N–H and O–H groups in total. The molecule has 0 bridgehead atoms. The molecule has 2 saturated heterocycles. The summed E-state index contributed by atoms with van der Waals surface area (Å²) in [7, 11) is 0. The minimum absolute atomic E-state index is 0.0640. The lowest BCUT2D eigenvalue weighted by molar-refractivity contribution is -0.137. The van der Waals surface area contributed by atoms with Gasteiger partial charge in [0.2, 0.25) is 0 Å². The van der Waals surface area contributed by atoms with E-state index in [2.05, 4.69) is 10.6 Å². The lowest BCUT2D eigenvalue weighted by Gasteiger charge is -2.16. The molecule has 0 unspecified atom stereocenters. The first-order valence-corrected chi connectivity index (χ1v) is 6.62. The van der Waals surface area contributed by atoms with Crippen molar-refractivity contribution in [2.24, 2.45) is 0 Å². The van der Waals surface area contributed by atoms with Gasteiger partial charge in [0, 0.05) is 17.4 Å². The molecule has 2 rings (SSSR count). The highest BCUT2D eigenvalue weighted by Gasteiger charge is 2.42. The quantitative estimate of drug-likeness (QED) is 0.493. The molecule has 16 heavy (non-hydrogen) atoms. The standard InChI is InChI=1S/C10H16N2O3S/c13-8(14)4-2-1-3-7-9-6(5-16-7)11-10(15)12-9/h6-7,9H,1-5H2,(H,13,14)(H2,11,12,15)/t6-,7+,9-/m1/s1. The Balaban J connectivity index is 1.70. The van der Waals surface area contributed by atoms with Crippen LogP contribution in [0.3, 0.4) is 0 Å². The number of amides is 2. The van der Waals surface area contributed by atoms with E-state index in [4.69, 9.17) is 5.11 Å². The molecule has 2 aliphatic rings. The van der Waals surface area contributed by atoms with Crippen molar-refractivity contribution in [1.82, 2.24) is 10.6 Å². The number of rotatable bonds is 5. The van der Waals surface area contributed by atoms with Crippen LogP contribution in [0.1, 0.15) is 25.7 Å². The van der Waals surface area contributed by atoms with Gasteiger partial charge in [-0.1, -0.05) is 6.42 Å². The summed E-state index contributed by atoms with van der Waals surface area (Å²) < 4.78 is 0. The summed E-state index contributed by atoms with van der Waals surface area (Å²) in [5, 5.41) is 14.8. The smallest absolute Gasteiger partial charge is 0.315 e. The zero-order valence-corrected chi connectivity index (χ0v) is 9.76. The molecule has 0 aromatic heterocycles. The Morgan fingerprint density at radius 2 is 2.25 bits per heavy atom. The molecule has 0 saturated carbocycles. The number of nitrogens with one attached hydrogen (secondary N) is 2. The first-order chi connectivity index (χ1) is 7.66. The molecular formula is C10H16N2O3S. The monoisotopic (exact) mass is 244 g/mol. The normalized spacial score (nSPS) is 32.0. The number of hydrogen-bond donors (Lipinski definition) is 3. The van der Waals surface area contributed by atoms with E-state index in [0.29, 0.717) is 5.25 Å². The maximum Gasteiger partial charge on any atom is 0.315 e. The van der Waals surface area contributed by atoms with Crippen molar-refractivity contribution >= 4 is 23.8 Å². The van der Waals surface area contributed by atoms with Crippen LogP contribution in [0.4, 0.5) is 4.79 Å². The van der Waals surface area contributed by atoms with Gasteiger partial charge in [0.15, 0.2) is 0 Å². The second-order valence-corrected chi connectivity index (χ2v) is 5.53. The average Bonchev–Trinajstić information content (AvgIpc) is 2.72. The van der Waals surface area contributed by atoms with E-state index in [1.165, 1.54) is 0 Å². The maximum absolute atomic E-state index is 11.1. The van der Waals surface area contributed by atoms with Crippen molar-refractivity contribution < 1.29 is 14.7 Å². The summed E-state index contributed by atoms with van der Waals surface area (Å²) in [6.07, 6.45) is 2.88. The van der Waals surface area contributed by atoms with Crippen molar-refractivity contribution in [3.05, 3.63) is 0 Å². The van der Waals surface area contributed by atoms with Crippen molar-refractivity contribution in [2.75, 3.05) is 5.75 Å². The molecule has 2 aliphatic heterocycles. The van der Waals surface area contributed by atoms with E-state index in [1.54, 1.807) is 0 Å². The Morgan fingerprint density at radius 3 is 3.00 bits per heavy atom. The molecule has 5 nitrogen and oxygen atoms in total. The van der Waals surface area contributed by atoms with E-state index >= 15 is 0 Å². The second kappa shape index (κ2) is 4.95. The van der Waals surface area contributed by atoms with Crippen molar-refractivity contribution in [2.45, 2.75) is 43.0 Å². The number of carboxylic acid groups (broad SMARTS) is 1. The summed E-state index contributed by atoms with van der Waals surface area (Å²) in [5.74, 6) is 0.236. The first-order valence-electron chi connectivity index (χ1n) is 5.57. The van der Waals surface area contributed by atoms with Crippen LogP contribution < -0.4 is 10.6 Å². The van der Waals surface area contributed by atoms with Crippen LogP contribution in [0.25, 0.3) is 0 Å². The highest BCUT2D eigenvalue weighted by atomic mass is 32.2. The molecule has 90 valence electrons. The van der Waals surface area contributed by atoms with Crippen molar-refractivity contribution in [3.63, 3.8) is 0 Å². The van der Waals surface area contributed by atoms with Crippen LogP contribution in [-0.2, 0) is 4.79 Å². The summed E-state index contributed by atoms with van der Waals surface area (Å²) in [6, 6.07) is 0.440. The van der Waals surface area contributed by atoms with Crippen LogP contribution in [0, 0.1) is 0 Å². The third kappa shape index (κ3) is 2.61. The van der Waals surface area contributed by atoms with Crippen LogP contribution >= 0.6 is 11.8 Å². The number of urea groups is 1. The average molecular weight is 244 g/mol. The molecule has 0 aromatic rings. The van der Waals surface area contributed by atoms with Crippen LogP contribution in [0.15, 0.2) is 0 Å². The highest BCUT2D eigenvalue weighted by Crippen LogP contribution is 2.33. The Labute approximate surface area is 98.4 Å². The van der Waals surface area contributed by atoms with E-state index in [9.17, 15) is 9.59 Å². The van der Waals surface area contributed by atoms with E-state index in [-0.39, 0.29) is 24.5 Å². The van der Waals surface area contributed by atoms with Gasteiger partial charge in [-0.2, -0.15) is 11.8 Å². The maximum atomic E-state index is 11.1. The number of carbonyl (C=O) groups is 2. The molecule has 0 spiro atoms. The van der Waals surface area contributed by atoms with Crippen molar-refractivity contribution in [1.29, 1.82) is 0 Å². The molecule has 0 radical (unpaired) electrons. The fourth-order valence-corrected chi connectivity index (χ4v) is 3.81. The van der Waals surface area contributed by atoms with Gasteiger partial charge in [-0.3, -0.25) is 4.79 Å². The fourth-order valence-electron chi connectivity index (χ4n) is 2.26. The first kappa shape index (κ1) is 11.6. The predicted octanol–water partition coefficient (Wildman–Crippen LogP) is 0.797. The number of fused-ring (bicyclic) bond motifs is 1. The Hall–Kier alpha value is -0.910. The largest absolute Gasteiger partial charge is 0.481 e. The Morgan fingerprint density at radius 1 is 1.44 bits per heavy atom. The highest BCUT2D eigenvalue weighted by molar-refractivity contribution is 8.00. The predicted molar refractivity (Wildman–Crippen MR) is 61.6 cm³/mol. The number of carboxylic acids is 1. The third-order valence-electron chi connectivity index (χ3n) is 3.07. The number of unbranched alkanes of at least 4 members (excludes halogenated alkanes) is 1. The van der Waals surface area contributed by atoms with E-state index in [1.807, 2.05) is 11.8 Å². The third-order valence-corrected chi connectivity index (χ3v) is 4.58. The van der Waals surface area contributed by atoms with Gasteiger partial charge in [-0.25, -0.2) is 4.79 Å². The SMILES string of the molecule is O=C(O)CCCC[C@@H]1SC[C@H]2NC(=O)N[C@@H]12. The molecule has 2 amide bonds. The van der Waals surface area contributed by atoms with Gasteiger partial charge >= 0.3 is 12.0 Å². The Kier molecular flexibility index (Phi) is 3.58. The second-order valence-electron chi connectivity index (χ2n) is 4.26. The molecule has 2 fully saturated rings. The zero-order valence-electron chi connectivity index (χ0n) is 8.94. The summed E-state index contributed by atoms with van der Waals surface area (Å²) in [6.45, 7) is 0. The molecule has 2 heterocycles. The van der Waals surface area contributed by atoms with Gasteiger partial charge in [-0.15, -0.1) is 0 Å². The summed E-state index contributed by atoms with van der Waals surface area (Å²) in [4.78, 5) is 21.5. The number of aliphatic carboxylic acids is 1. The van der Waals surface area contributed by atoms with Gasteiger partial charge in [0.05, 0.1) is 12.1 Å². The van der Waals surface area contributed by atoms with Crippen LogP contribution in [0.2, 0.25) is 0 Å². The summed E-state index contributed by atoms with van der Waals surface area (Å²) in [5.41, 5.74) is 0. The van der Waals surface area contributed by atoms with Crippen LogP contribution in [0.5, 0.6) is 0 Å². The van der Waals surface area contributed by atoms with Gasteiger partial charge in [0.25, 0.3) is 0 Å². The Bertz CT molecular complexity index is 298. The number of thioether (sulfide) groups is 1. The minimum Gasteiger partial charge on any atom is -0.481 e. The van der Waals surface area contributed by atoms with Crippen molar-refractivity contribution in [3.8, 4) is 0 Å². The lowest BCUT2D eigenvalue weighted by Crippen LogP contribution is -2.36. The summed E-state index contributed by atoms with van der Waals surface area (Å²) >= 11 is 1.87. The molecular weight excluding hydrogens is 228 g/mol. The van der Waals surface area contributed by atoms with E-state index in [0.717, 1.165) is 25.0 Å². The molecule has 0 aromatic carbocycles. The van der Waals surface area contributed by atoms with Crippen LogP contribution in [-0.4, -0.2) is 40.2 Å². The zero-order chi connectivity index (χ0) is 11.5. The number of hydrogen-bond acceptors (Lipinski definition) is 3. The lowest BCUT2D eigenvalue weighted by atomic mass is 10.0. The fraction of sp³-hybridized carbons (Fsp3) is 0.800. The van der Waals surface area contributed by atoms with E-state index < -0.39 is 5.97 Å². The number of carbonyl (C=O) groups excluding carboxylic acids is 1. The van der Waals surface area contributed by atoms with Gasteiger partial charge in [0.1, 0.15) is 0 Å². The molecule has 3 atom stereocenters.